The molecular formula is C16H24N2O3. The van der Waals surface area contributed by atoms with Crippen LogP contribution in [-0.2, 0) is 4.74 Å². The lowest BCUT2D eigenvalue weighted by atomic mass is 9.93. The number of hydrogen-bond donors (Lipinski definition) is 1. The number of carbonyl (C=O) groups is 1. The first kappa shape index (κ1) is 15.8. The van der Waals surface area contributed by atoms with E-state index >= 15 is 0 Å². The molecule has 0 aliphatic heterocycles. The Morgan fingerprint density at radius 3 is 2.52 bits per heavy atom. The molecule has 1 saturated carbocycles. The molecule has 1 aliphatic carbocycles. The van der Waals surface area contributed by atoms with Crippen LogP contribution >= 0.6 is 0 Å². The van der Waals surface area contributed by atoms with E-state index in [0.717, 1.165) is 25.7 Å². The Morgan fingerprint density at radius 1 is 1.29 bits per heavy atom. The van der Waals surface area contributed by atoms with E-state index in [-0.39, 0.29) is 11.5 Å². The van der Waals surface area contributed by atoms with Crippen molar-refractivity contribution in [3.8, 4) is 5.88 Å². The van der Waals surface area contributed by atoms with Crippen molar-refractivity contribution >= 4 is 5.97 Å². The topological polar surface area (TPSA) is 74.4 Å². The number of pyridine rings is 1. The quantitative estimate of drug-likeness (QED) is 0.682. The number of aromatic nitrogens is 1. The predicted octanol–water partition coefficient (Wildman–Crippen LogP) is 2.61. The fourth-order valence-corrected chi connectivity index (χ4v) is 2.74. The van der Waals surface area contributed by atoms with Gasteiger partial charge in [-0.3, -0.25) is 0 Å². The third-order valence-electron chi connectivity index (χ3n) is 4.07. The maximum atomic E-state index is 11.5. The van der Waals surface area contributed by atoms with Crippen molar-refractivity contribution in [1.82, 2.24) is 4.98 Å². The number of aryl methyl sites for hydroxylation is 1. The smallest absolute Gasteiger partial charge is 0.339 e. The number of carbonyl (C=O) groups excluding carboxylic acids is 1. The molecule has 0 bridgehead atoms. The molecule has 21 heavy (non-hydrogen) atoms. The van der Waals surface area contributed by atoms with Crippen molar-refractivity contribution in [3.63, 3.8) is 0 Å². The largest absolute Gasteiger partial charge is 0.476 e. The van der Waals surface area contributed by atoms with Crippen LogP contribution in [0.5, 0.6) is 5.88 Å². The van der Waals surface area contributed by atoms with E-state index in [9.17, 15) is 4.79 Å². The van der Waals surface area contributed by atoms with Gasteiger partial charge in [0.05, 0.1) is 23.9 Å². The van der Waals surface area contributed by atoms with Crippen LogP contribution in [0.2, 0.25) is 0 Å². The van der Waals surface area contributed by atoms with Crippen LogP contribution in [0.1, 0.15) is 54.6 Å². The van der Waals surface area contributed by atoms with Gasteiger partial charge in [-0.15, -0.1) is 0 Å². The Hall–Kier alpha value is -1.62. The summed E-state index contributed by atoms with van der Waals surface area (Å²) in [5.74, 6) is 0.125. The SMILES string of the molecule is COC(=O)c1ccc(OCC2(N)CCCCCC2)nc1C. The van der Waals surface area contributed by atoms with Crippen LogP contribution in [0.25, 0.3) is 0 Å². The lowest BCUT2D eigenvalue weighted by molar-refractivity contribution is 0.0599. The molecule has 1 fully saturated rings. The molecule has 0 unspecified atom stereocenters. The third-order valence-corrected chi connectivity index (χ3v) is 4.07. The van der Waals surface area contributed by atoms with Crippen molar-refractivity contribution < 1.29 is 14.3 Å². The summed E-state index contributed by atoms with van der Waals surface area (Å²) in [6, 6.07) is 3.37. The van der Waals surface area contributed by atoms with Crippen molar-refractivity contribution in [2.45, 2.75) is 51.0 Å². The van der Waals surface area contributed by atoms with Crippen molar-refractivity contribution in [3.05, 3.63) is 23.4 Å². The first-order chi connectivity index (χ1) is 10.0. The summed E-state index contributed by atoms with van der Waals surface area (Å²) in [5, 5.41) is 0. The summed E-state index contributed by atoms with van der Waals surface area (Å²) in [4.78, 5) is 15.8. The fourth-order valence-electron chi connectivity index (χ4n) is 2.74. The number of hydrogen-bond acceptors (Lipinski definition) is 5. The summed E-state index contributed by atoms with van der Waals surface area (Å²) in [7, 11) is 1.36. The van der Waals surface area contributed by atoms with Crippen molar-refractivity contribution in [2.24, 2.45) is 5.73 Å². The van der Waals surface area contributed by atoms with Gasteiger partial charge < -0.3 is 15.2 Å². The Bertz CT molecular complexity index is 494. The molecule has 1 aliphatic rings. The minimum atomic E-state index is -0.384. The van der Waals surface area contributed by atoms with E-state index in [4.69, 9.17) is 15.2 Å². The number of methoxy groups -OCH3 is 1. The van der Waals surface area contributed by atoms with E-state index in [1.54, 1.807) is 19.1 Å². The van der Waals surface area contributed by atoms with E-state index in [1.807, 2.05) is 0 Å². The summed E-state index contributed by atoms with van der Waals surface area (Å²) in [6.07, 6.45) is 6.81. The normalized spacial score (nSPS) is 17.9. The number of esters is 1. The van der Waals surface area contributed by atoms with Crippen LogP contribution in [0, 0.1) is 6.92 Å². The lowest BCUT2D eigenvalue weighted by Crippen LogP contribution is -2.45. The van der Waals surface area contributed by atoms with Crippen molar-refractivity contribution in [2.75, 3.05) is 13.7 Å². The summed E-state index contributed by atoms with van der Waals surface area (Å²) >= 11 is 0. The zero-order valence-electron chi connectivity index (χ0n) is 12.9. The van der Waals surface area contributed by atoms with Crippen LogP contribution in [-0.4, -0.2) is 30.2 Å². The molecule has 1 aromatic heterocycles. The van der Waals surface area contributed by atoms with E-state index in [1.165, 1.54) is 20.0 Å². The summed E-state index contributed by atoms with van der Waals surface area (Å²) < 4.78 is 10.5. The molecule has 0 spiro atoms. The average molecular weight is 292 g/mol. The highest BCUT2D eigenvalue weighted by atomic mass is 16.5. The minimum absolute atomic E-state index is 0.257. The summed E-state index contributed by atoms with van der Waals surface area (Å²) in [5.41, 5.74) is 7.22. The summed E-state index contributed by atoms with van der Waals surface area (Å²) in [6.45, 7) is 2.24. The van der Waals surface area contributed by atoms with Crippen LogP contribution < -0.4 is 10.5 Å². The van der Waals surface area contributed by atoms with Crippen LogP contribution in [0.3, 0.4) is 0 Å². The molecule has 116 valence electrons. The number of rotatable bonds is 4. The lowest BCUT2D eigenvalue weighted by Gasteiger charge is -2.27. The first-order valence-electron chi connectivity index (χ1n) is 7.52. The Labute approximate surface area is 125 Å². The van der Waals surface area contributed by atoms with Gasteiger partial charge in [-0.25, -0.2) is 9.78 Å². The van der Waals surface area contributed by atoms with Gasteiger partial charge in [0.1, 0.15) is 6.61 Å². The maximum absolute atomic E-state index is 11.5. The second kappa shape index (κ2) is 6.89. The Kier molecular flexibility index (Phi) is 5.17. The van der Waals surface area contributed by atoms with Crippen molar-refractivity contribution in [1.29, 1.82) is 0 Å². The fraction of sp³-hybridized carbons (Fsp3) is 0.625. The highest BCUT2D eigenvalue weighted by Crippen LogP contribution is 2.26. The Balaban J connectivity index is 2.00. The van der Waals surface area contributed by atoms with Gasteiger partial charge in [0.25, 0.3) is 0 Å². The van der Waals surface area contributed by atoms with Crippen LogP contribution in [0.4, 0.5) is 0 Å². The number of nitrogens with two attached hydrogens (primary N) is 1. The molecule has 0 atom stereocenters. The van der Waals surface area contributed by atoms with Gasteiger partial charge in [-0.05, 0) is 25.8 Å². The molecular weight excluding hydrogens is 268 g/mol. The second-order valence-corrected chi connectivity index (χ2v) is 5.84. The molecule has 1 aromatic rings. The van der Waals surface area contributed by atoms with Crippen LogP contribution in [0.15, 0.2) is 12.1 Å². The highest BCUT2D eigenvalue weighted by Gasteiger charge is 2.27. The monoisotopic (exact) mass is 292 g/mol. The van der Waals surface area contributed by atoms with Gasteiger partial charge in [0.15, 0.2) is 0 Å². The van der Waals surface area contributed by atoms with Gasteiger partial charge >= 0.3 is 5.97 Å². The second-order valence-electron chi connectivity index (χ2n) is 5.84. The zero-order valence-corrected chi connectivity index (χ0v) is 12.9. The third kappa shape index (κ3) is 4.17. The van der Waals surface area contributed by atoms with E-state index < -0.39 is 0 Å². The predicted molar refractivity (Wildman–Crippen MR) is 80.4 cm³/mol. The minimum Gasteiger partial charge on any atom is -0.476 e. The van der Waals surface area contributed by atoms with E-state index in [0.29, 0.717) is 23.7 Å². The molecule has 5 nitrogen and oxygen atoms in total. The van der Waals surface area contributed by atoms with Gasteiger partial charge in [-0.2, -0.15) is 0 Å². The molecule has 2 N–H and O–H groups in total. The molecule has 0 amide bonds. The molecule has 0 aromatic carbocycles. The molecule has 1 heterocycles. The van der Waals surface area contributed by atoms with Gasteiger partial charge in [0.2, 0.25) is 5.88 Å². The molecule has 2 rings (SSSR count). The molecule has 5 heteroatoms. The van der Waals surface area contributed by atoms with E-state index in [2.05, 4.69) is 4.98 Å². The number of nitrogens with zero attached hydrogens (tertiary/aromatic N) is 1. The Morgan fingerprint density at radius 2 is 1.95 bits per heavy atom. The average Bonchev–Trinajstić information content (AvgIpc) is 2.70. The standard InChI is InChI=1S/C16H24N2O3/c1-12-13(15(19)20-2)7-8-14(18-12)21-11-16(17)9-5-3-4-6-10-16/h7-8H,3-6,9-11,17H2,1-2H3. The highest BCUT2D eigenvalue weighted by molar-refractivity contribution is 5.90. The first-order valence-corrected chi connectivity index (χ1v) is 7.52. The zero-order chi connectivity index (χ0) is 15.3. The molecule has 0 radical (unpaired) electrons. The van der Waals surface area contributed by atoms with Gasteiger partial charge in [-0.1, -0.05) is 25.7 Å². The number of ether oxygens (including phenoxy) is 2. The molecule has 0 saturated heterocycles. The maximum Gasteiger partial charge on any atom is 0.339 e. The van der Waals surface area contributed by atoms with Gasteiger partial charge in [0, 0.05) is 6.07 Å².